The highest BCUT2D eigenvalue weighted by atomic mass is 79.9. The fourth-order valence-corrected chi connectivity index (χ4v) is 1.45. The molecule has 1 unspecified atom stereocenters. The highest BCUT2D eigenvalue weighted by Crippen LogP contribution is 2.23. The lowest BCUT2D eigenvalue weighted by Crippen LogP contribution is -2.37. The normalized spacial score (nSPS) is 11.9. The molecular weight excluding hydrogens is 295 g/mol. The van der Waals surface area contributed by atoms with Crippen LogP contribution in [0.2, 0.25) is 0 Å². The standard InChI is InChI=1S/C10H10BrFN2O3/c11-6-2-1-5(12)3-8(6)14-10(17)7(13)4-9(15)16/h1-3,7H,4,13H2,(H,14,17)(H,15,16). The first-order valence-corrected chi connectivity index (χ1v) is 5.42. The summed E-state index contributed by atoms with van der Waals surface area (Å²) in [5.74, 6) is -2.38. The van der Waals surface area contributed by atoms with Gasteiger partial charge in [0.05, 0.1) is 18.2 Å². The molecule has 0 aliphatic rings. The fraction of sp³-hybridized carbons (Fsp3) is 0.200. The quantitative estimate of drug-likeness (QED) is 0.782. The molecular formula is C10H10BrFN2O3. The molecule has 1 atom stereocenters. The van der Waals surface area contributed by atoms with E-state index in [-0.39, 0.29) is 5.69 Å². The third-order valence-corrected chi connectivity index (χ3v) is 2.61. The first kappa shape index (κ1) is 13.6. The number of halogens is 2. The van der Waals surface area contributed by atoms with Crippen molar-refractivity contribution in [3.63, 3.8) is 0 Å². The SMILES string of the molecule is NC(CC(=O)O)C(=O)Nc1cc(F)ccc1Br. The predicted molar refractivity (Wildman–Crippen MR) is 63.0 cm³/mol. The zero-order chi connectivity index (χ0) is 13.0. The van der Waals surface area contributed by atoms with E-state index in [0.717, 1.165) is 6.07 Å². The van der Waals surface area contributed by atoms with Crippen LogP contribution in [0.1, 0.15) is 6.42 Å². The summed E-state index contributed by atoms with van der Waals surface area (Å²) in [6.45, 7) is 0. The van der Waals surface area contributed by atoms with Crippen molar-refractivity contribution in [1.29, 1.82) is 0 Å². The molecule has 1 rings (SSSR count). The van der Waals surface area contributed by atoms with Crippen molar-refractivity contribution in [1.82, 2.24) is 0 Å². The summed E-state index contributed by atoms with van der Waals surface area (Å²) in [7, 11) is 0. The molecule has 17 heavy (non-hydrogen) atoms. The summed E-state index contributed by atoms with van der Waals surface area (Å²) in [4.78, 5) is 21.8. The summed E-state index contributed by atoms with van der Waals surface area (Å²) in [6, 6.07) is 2.57. The molecule has 0 spiro atoms. The average Bonchev–Trinajstić information content (AvgIpc) is 2.22. The van der Waals surface area contributed by atoms with E-state index in [4.69, 9.17) is 10.8 Å². The number of aliphatic carboxylic acids is 1. The van der Waals surface area contributed by atoms with Crippen LogP contribution in [0, 0.1) is 5.82 Å². The molecule has 1 aromatic rings. The fourth-order valence-electron chi connectivity index (χ4n) is 1.10. The van der Waals surface area contributed by atoms with Gasteiger partial charge in [0, 0.05) is 4.47 Å². The number of carboxylic acids is 1. The van der Waals surface area contributed by atoms with Gasteiger partial charge in [0.1, 0.15) is 5.82 Å². The second-order valence-electron chi connectivity index (χ2n) is 3.32. The van der Waals surface area contributed by atoms with E-state index in [1.165, 1.54) is 12.1 Å². The van der Waals surface area contributed by atoms with Crippen LogP contribution in [0.5, 0.6) is 0 Å². The van der Waals surface area contributed by atoms with Crippen LogP contribution in [0.4, 0.5) is 10.1 Å². The van der Waals surface area contributed by atoms with Crippen LogP contribution in [-0.4, -0.2) is 23.0 Å². The van der Waals surface area contributed by atoms with Crippen molar-refractivity contribution in [3.05, 3.63) is 28.5 Å². The summed E-state index contributed by atoms with van der Waals surface area (Å²) in [5.41, 5.74) is 5.56. The molecule has 0 saturated heterocycles. The molecule has 0 aliphatic carbocycles. The van der Waals surface area contributed by atoms with Crippen molar-refractivity contribution < 1.29 is 19.1 Å². The molecule has 7 heteroatoms. The van der Waals surface area contributed by atoms with E-state index >= 15 is 0 Å². The largest absolute Gasteiger partial charge is 0.481 e. The Morgan fingerprint density at radius 2 is 2.18 bits per heavy atom. The molecule has 0 fully saturated rings. The number of nitrogens with one attached hydrogen (secondary N) is 1. The van der Waals surface area contributed by atoms with E-state index in [9.17, 15) is 14.0 Å². The van der Waals surface area contributed by atoms with Crippen molar-refractivity contribution in [2.75, 3.05) is 5.32 Å². The first-order valence-electron chi connectivity index (χ1n) is 4.63. The Labute approximate surface area is 105 Å². The third-order valence-electron chi connectivity index (χ3n) is 1.92. The Balaban J connectivity index is 2.73. The molecule has 0 heterocycles. The highest BCUT2D eigenvalue weighted by Gasteiger charge is 2.18. The van der Waals surface area contributed by atoms with Crippen LogP contribution >= 0.6 is 15.9 Å². The molecule has 1 aromatic carbocycles. The monoisotopic (exact) mass is 304 g/mol. The maximum Gasteiger partial charge on any atom is 0.305 e. The van der Waals surface area contributed by atoms with Gasteiger partial charge in [-0.25, -0.2) is 4.39 Å². The molecule has 0 aromatic heterocycles. The van der Waals surface area contributed by atoms with Gasteiger partial charge in [-0.15, -0.1) is 0 Å². The third kappa shape index (κ3) is 4.12. The topological polar surface area (TPSA) is 92.4 Å². The lowest BCUT2D eigenvalue weighted by molar-refractivity contribution is -0.138. The van der Waals surface area contributed by atoms with E-state index in [0.29, 0.717) is 4.47 Å². The van der Waals surface area contributed by atoms with Crippen LogP contribution < -0.4 is 11.1 Å². The van der Waals surface area contributed by atoms with E-state index in [1.54, 1.807) is 0 Å². The van der Waals surface area contributed by atoms with Crippen molar-refractivity contribution in [2.45, 2.75) is 12.5 Å². The number of hydrogen-bond donors (Lipinski definition) is 3. The van der Waals surface area contributed by atoms with Crippen LogP contribution in [0.25, 0.3) is 0 Å². The number of rotatable bonds is 4. The second kappa shape index (κ2) is 5.74. The van der Waals surface area contributed by atoms with Gasteiger partial charge in [0.15, 0.2) is 0 Å². The van der Waals surface area contributed by atoms with E-state index in [2.05, 4.69) is 21.2 Å². The Hall–Kier alpha value is -1.47. The number of hydrogen-bond acceptors (Lipinski definition) is 3. The van der Waals surface area contributed by atoms with Gasteiger partial charge in [-0.2, -0.15) is 0 Å². The maximum absolute atomic E-state index is 12.9. The smallest absolute Gasteiger partial charge is 0.305 e. The van der Waals surface area contributed by atoms with E-state index < -0.39 is 30.2 Å². The number of nitrogens with two attached hydrogens (primary N) is 1. The second-order valence-corrected chi connectivity index (χ2v) is 4.17. The Morgan fingerprint density at radius 3 is 2.76 bits per heavy atom. The number of carbonyl (C=O) groups excluding carboxylic acids is 1. The summed E-state index contributed by atoms with van der Waals surface area (Å²) in [5, 5.41) is 10.8. The lowest BCUT2D eigenvalue weighted by atomic mass is 10.2. The van der Waals surface area contributed by atoms with Crippen molar-refractivity contribution >= 4 is 33.5 Å². The summed E-state index contributed by atoms with van der Waals surface area (Å²) >= 11 is 3.12. The van der Waals surface area contributed by atoms with Crippen LogP contribution in [0.3, 0.4) is 0 Å². The minimum absolute atomic E-state index is 0.204. The number of anilines is 1. The van der Waals surface area contributed by atoms with E-state index in [1.807, 2.05) is 0 Å². The number of amides is 1. The van der Waals surface area contributed by atoms with Gasteiger partial charge in [-0.1, -0.05) is 0 Å². The lowest BCUT2D eigenvalue weighted by Gasteiger charge is -2.11. The summed E-state index contributed by atoms with van der Waals surface area (Å²) < 4.78 is 13.4. The zero-order valence-corrected chi connectivity index (χ0v) is 10.2. The van der Waals surface area contributed by atoms with Gasteiger partial charge in [-0.3, -0.25) is 9.59 Å². The van der Waals surface area contributed by atoms with Gasteiger partial charge in [0.25, 0.3) is 0 Å². The molecule has 1 amide bonds. The number of carbonyl (C=O) groups is 2. The number of benzene rings is 1. The van der Waals surface area contributed by atoms with Gasteiger partial charge < -0.3 is 16.2 Å². The zero-order valence-electron chi connectivity index (χ0n) is 8.61. The molecule has 0 radical (unpaired) electrons. The summed E-state index contributed by atoms with van der Waals surface area (Å²) in [6.07, 6.45) is -0.487. The molecule has 0 saturated carbocycles. The van der Waals surface area contributed by atoms with Crippen LogP contribution in [-0.2, 0) is 9.59 Å². The Bertz CT molecular complexity index is 453. The highest BCUT2D eigenvalue weighted by molar-refractivity contribution is 9.10. The molecule has 0 aliphatic heterocycles. The predicted octanol–water partition coefficient (Wildman–Crippen LogP) is 1.33. The molecule has 0 bridgehead atoms. The van der Waals surface area contributed by atoms with Crippen molar-refractivity contribution in [3.8, 4) is 0 Å². The maximum atomic E-state index is 12.9. The van der Waals surface area contributed by atoms with Gasteiger partial charge in [0.2, 0.25) is 5.91 Å². The minimum Gasteiger partial charge on any atom is -0.481 e. The number of carboxylic acid groups (broad SMARTS) is 1. The van der Waals surface area contributed by atoms with Crippen LogP contribution in [0.15, 0.2) is 22.7 Å². The average molecular weight is 305 g/mol. The Morgan fingerprint density at radius 1 is 1.53 bits per heavy atom. The van der Waals surface area contributed by atoms with Gasteiger partial charge in [-0.05, 0) is 34.1 Å². The van der Waals surface area contributed by atoms with Gasteiger partial charge >= 0.3 is 5.97 Å². The Kier molecular flexibility index (Phi) is 4.59. The minimum atomic E-state index is -1.18. The molecule has 92 valence electrons. The molecule has 5 nitrogen and oxygen atoms in total. The van der Waals surface area contributed by atoms with Crippen molar-refractivity contribution in [2.24, 2.45) is 5.73 Å². The first-order chi connectivity index (χ1) is 7.90. The molecule has 4 N–H and O–H groups in total.